The number of allylic oxidation sites excluding steroid dienone is 6. The minimum absolute atomic E-state index is 1.10. The summed E-state index contributed by atoms with van der Waals surface area (Å²) in [5.41, 5.74) is 6.00. The highest BCUT2D eigenvalue weighted by atomic mass is 14.2. The van der Waals surface area contributed by atoms with Crippen LogP contribution >= 0.6 is 0 Å². The minimum Gasteiger partial charge on any atom is -0.0801 e. The summed E-state index contributed by atoms with van der Waals surface area (Å²) in [6.45, 7) is 0. The standard InChI is InChI=1S/C15H14/c1-2-4-14(5-3-1)15-10-12-6-7-13(11-15)9-8-12/h1-4,6-9H,5,10-11H2. The van der Waals surface area contributed by atoms with Crippen molar-refractivity contribution in [3.05, 3.63) is 70.8 Å². The third-order valence-corrected chi connectivity index (χ3v) is 3.19. The molecule has 0 fully saturated rings. The van der Waals surface area contributed by atoms with Gasteiger partial charge in [0.15, 0.2) is 0 Å². The van der Waals surface area contributed by atoms with Gasteiger partial charge in [-0.05, 0) is 36.0 Å². The molecule has 15 heavy (non-hydrogen) atoms. The summed E-state index contributed by atoms with van der Waals surface area (Å²) < 4.78 is 0. The summed E-state index contributed by atoms with van der Waals surface area (Å²) in [6, 6.07) is 9.02. The highest BCUT2D eigenvalue weighted by molar-refractivity contribution is 5.42. The van der Waals surface area contributed by atoms with Gasteiger partial charge >= 0.3 is 0 Å². The van der Waals surface area contributed by atoms with Gasteiger partial charge in [-0.15, -0.1) is 0 Å². The van der Waals surface area contributed by atoms with Gasteiger partial charge in [0.05, 0.1) is 0 Å². The van der Waals surface area contributed by atoms with Crippen LogP contribution in [0.15, 0.2) is 59.7 Å². The Labute approximate surface area is 90.6 Å². The van der Waals surface area contributed by atoms with Gasteiger partial charge < -0.3 is 0 Å². The number of hydrogen-bond donors (Lipinski definition) is 0. The lowest BCUT2D eigenvalue weighted by molar-refractivity contribution is 1.02. The zero-order valence-electron chi connectivity index (χ0n) is 8.74. The molecule has 1 aromatic carbocycles. The van der Waals surface area contributed by atoms with Gasteiger partial charge in [0, 0.05) is 0 Å². The summed E-state index contributed by atoms with van der Waals surface area (Å²) >= 11 is 0. The largest absolute Gasteiger partial charge is 0.0801 e. The van der Waals surface area contributed by atoms with Crippen molar-refractivity contribution < 1.29 is 0 Å². The molecule has 4 rings (SSSR count). The van der Waals surface area contributed by atoms with Crippen molar-refractivity contribution in [1.82, 2.24) is 0 Å². The van der Waals surface area contributed by atoms with Gasteiger partial charge in [-0.2, -0.15) is 0 Å². The third kappa shape index (κ3) is 1.68. The fourth-order valence-electron chi connectivity index (χ4n) is 2.33. The van der Waals surface area contributed by atoms with Gasteiger partial charge in [-0.1, -0.05) is 54.1 Å². The predicted octanol–water partition coefficient (Wildman–Crippen LogP) is 3.60. The van der Waals surface area contributed by atoms with Crippen LogP contribution in [0.5, 0.6) is 0 Å². The molecule has 3 aliphatic carbocycles. The maximum Gasteiger partial charge on any atom is -0.00578 e. The van der Waals surface area contributed by atoms with E-state index in [1.807, 2.05) is 0 Å². The van der Waals surface area contributed by atoms with E-state index in [0.717, 1.165) is 19.3 Å². The number of fused-ring (bicyclic) bond motifs is 4. The first-order chi connectivity index (χ1) is 7.42. The second kappa shape index (κ2) is 3.54. The van der Waals surface area contributed by atoms with Crippen LogP contribution in [0, 0.1) is 0 Å². The summed E-state index contributed by atoms with van der Waals surface area (Å²) in [7, 11) is 0. The molecule has 3 aliphatic rings. The molecule has 0 aliphatic heterocycles. The molecular formula is C15H14. The highest BCUT2D eigenvalue weighted by Gasteiger charge is 2.11. The quantitative estimate of drug-likeness (QED) is 0.592. The first kappa shape index (κ1) is 8.72. The average molecular weight is 194 g/mol. The Kier molecular flexibility index (Phi) is 2.06. The number of benzene rings is 1. The molecule has 0 heterocycles. The normalized spacial score (nSPS) is 18.4. The van der Waals surface area contributed by atoms with Crippen LogP contribution in [-0.4, -0.2) is 0 Å². The molecular weight excluding hydrogens is 180 g/mol. The van der Waals surface area contributed by atoms with Crippen LogP contribution in [0.3, 0.4) is 0 Å². The van der Waals surface area contributed by atoms with E-state index in [9.17, 15) is 0 Å². The van der Waals surface area contributed by atoms with E-state index >= 15 is 0 Å². The fourth-order valence-corrected chi connectivity index (χ4v) is 2.33. The monoisotopic (exact) mass is 194 g/mol. The van der Waals surface area contributed by atoms with Crippen molar-refractivity contribution >= 4 is 0 Å². The molecule has 0 atom stereocenters. The van der Waals surface area contributed by atoms with Gasteiger partial charge in [-0.25, -0.2) is 0 Å². The van der Waals surface area contributed by atoms with E-state index in [1.165, 1.54) is 16.7 Å². The van der Waals surface area contributed by atoms with E-state index < -0.39 is 0 Å². The van der Waals surface area contributed by atoms with Crippen LogP contribution in [0.2, 0.25) is 0 Å². The number of hydrogen-bond acceptors (Lipinski definition) is 0. The minimum atomic E-state index is 1.10. The van der Waals surface area contributed by atoms with E-state index in [4.69, 9.17) is 0 Å². The Morgan fingerprint density at radius 2 is 1.47 bits per heavy atom. The molecule has 2 bridgehead atoms. The SMILES string of the molecule is C1=CCC(=C2Cc3ccc(cc3)C2)C=C1. The van der Waals surface area contributed by atoms with Gasteiger partial charge in [-0.3, -0.25) is 0 Å². The lowest BCUT2D eigenvalue weighted by Gasteiger charge is -2.10. The maximum absolute atomic E-state index is 2.27. The van der Waals surface area contributed by atoms with Crippen molar-refractivity contribution in [2.75, 3.05) is 0 Å². The summed E-state index contributed by atoms with van der Waals surface area (Å²) in [6.07, 6.45) is 12.1. The van der Waals surface area contributed by atoms with Gasteiger partial charge in [0.25, 0.3) is 0 Å². The Morgan fingerprint density at radius 1 is 0.800 bits per heavy atom. The van der Waals surface area contributed by atoms with Gasteiger partial charge in [0.2, 0.25) is 0 Å². The smallest absolute Gasteiger partial charge is 0.00578 e. The zero-order chi connectivity index (χ0) is 10.1. The van der Waals surface area contributed by atoms with Crippen molar-refractivity contribution in [2.45, 2.75) is 19.3 Å². The lowest BCUT2D eigenvalue weighted by atomic mass is 9.95. The molecule has 0 unspecified atom stereocenters. The molecule has 0 radical (unpaired) electrons. The summed E-state index contributed by atoms with van der Waals surface area (Å²) in [4.78, 5) is 0. The topological polar surface area (TPSA) is 0 Å². The van der Waals surface area contributed by atoms with E-state index in [0.29, 0.717) is 0 Å². The third-order valence-electron chi connectivity index (χ3n) is 3.19. The van der Waals surface area contributed by atoms with Crippen LogP contribution < -0.4 is 0 Å². The van der Waals surface area contributed by atoms with Crippen LogP contribution in [0.1, 0.15) is 17.5 Å². The first-order valence-electron chi connectivity index (χ1n) is 5.54. The second-order valence-electron chi connectivity index (χ2n) is 4.29. The Bertz CT molecular complexity index is 428. The number of rotatable bonds is 0. The molecule has 0 spiro atoms. The highest BCUT2D eigenvalue weighted by Crippen LogP contribution is 2.26. The Balaban J connectivity index is 2.01. The molecule has 74 valence electrons. The lowest BCUT2D eigenvalue weighted by Crippen LogP contribution is -1.96. The van der Waals surface area contributed by atoms with Crippen molar-refractivity contribution in [3.63, 3.8) is 0 Å². The zero-order valence-corrected chi connectivity index (χ0v) is 8.74. The van der Waals surface area contributed by atoms with Crippen LogP contribution in [-0.2, 0) is 12.8 Å². The molecule has 0 saturated heterocycles. The summed E-state index contributed by atoms with van der Waals surface area (Å²) in [5, 5.41) is 0. The van der Waals surface area contributed by atoms with Crippen molar-refractivity contribution in [2.24, 2.45) is 0 Å². The molecule has 0 aromatic heterocycles. The Morgan fingerprint density at radius 3 is 2.00 bits per heavy atom. The predicted molar refractivity (Wildman–Crippen MR) is 63.8 cm³/mol. The van der Waals surface area contributed by atoms with Crippen LogP contribution in [0.4, 0.5) is 0 Å². The molecule has 1 aromatic rings. The maximum atomic E-state index is 2.27. The van der Waals surface area contributed by atoms with Crippen molar-refractivity contribution in [1.29, 1.82) is 0 Å². The van der Waals surface area contributed by atoms with Crippen molar-refractivity contribution in [3.8, 4) is 0 Å². The van der Waals surface area contributed by atoms with E-state index in [1.54, 1.807) is 5.57 Å². The fraction of sp³-hybridized carbons (Fsp3) is 0.200. The first-order valence-corrected chi connectivity index (χ1v) is 5.54. The molecule has 0 nitrogen and oxygen atoms in total. The summed E-state index contributed by atoms with van der Waals surface area (Å²) in [5.74, 6) is 0. The average Bonchev–Trinajstić information content (AvgIpc) is 2.63. The van der Waals surface area contributed by atoms with Gasteiger partial charge in [0.1, 0.15) is 0 Å². The second-order valence-corrected chi connectivity index (χ2v) is 4.29. The molecule has 0 N–H and O–H groups in total. The molecule has 0 amide bonds. The van der Waals surface area contributed by atoms with E-state index in [2.05, 4.69) is 48.6 Å². The van der Waals surface area contributed by atoms with E-state index in [-0.39, 0.29) is 0 Å². The molecule has 0 saturated carbocycles. The molecule has 0 heteroatoms. The van der Waals surface area contributed by atoms with Crippen LogP contribution in [0.25, 0.3) is 0 Å². The Hall–Kier alpha value is -1.56.